The Kier molecular flexibility index (Phi) is 4.36. The number of carboxylic acids is 1. The molecule has 0 aliphatic carbocycles. The number of piperidine rings is 1. The van der Waals surface area contributed by atoms with Gasteiger partial charge in [-0.3, -0.25) is 4.79 Å². The highest BCUT2D eigenvalue weighted by Crippen LogP contribution is 2.16. The molecule has 1 fully saturated rings. The molecule has 2 N–H and O–H groups in total. The topological polar surface area (TPSA) is 67.2 Å². The third-order valence-electron chi connectivity index (χ3n) is 3.48. The molecule has 1 aliphatic rings. The molecule has 2 unspecified atom stereocenters. The molecule has 2 atom stereocenters. The molecular weight excluding hydrogens is 230 g/mol. The molecule has 0 radical (unpaired) electrons. The van der Waals surface area contributed by atoms with Gasteiger partial charge in [0.2, 0.25) is 0 Å². The van der Waals surface area contributed by atoms with Crippen molar-refractivity contribution < 1.29 is 9.90 Å². The first-order valence-corrected chi connectivity index (χ1v) is 6.69. The number of carboxylic acid groups (broad SMARTS) is 1. The molecule has 5 heteroatoms. The summed E-state index contributed by atoms with van der Waals surface area (Å²) < 4.78 is 2.16. The monoisotopic (exact) mass is 251 g/mol. The van der Waals surface area contributed by atoms with E-state index in [1.807, 2.05) is 12.4 Å². The number of nitrogens with zero attached hydrogens (tertiary/aromatic N) is 2. The number of nitrogens with one attached hydrogen (secondary N) is 1. The quantitative estimate of drug-likeness (QED) is 0.830. The molecule has 0 saturated carbocycles. The number of carbonyl (C=O) groups is 1. The maximum atomic E-state index is 11.0. The van der Waals surface area contributed by atoms with E-state index in [4.69, 9.17) is 5.11 Å². The van der Waals surface area contributed by atoms with E-state index in [2.05, 4.69) is 21.8 Å². The van der Waals surface area contributed by atoms with Crippen LogP contribution in [-0.4, -0.2) is 32.7 Å². The highest BCUT2D eigenvalue weighted by molar-refractivity contribution is 5.73. The van der Waals surface area contributed by atoms with Crippen molar-refractivity contribution in [1.82, 2.24) is 14.9 Å². The lowest BCUT2D eigenvalue weighted by Gasteiger charge is -2.28. The van der Waals surface area contributed by atoms with E-state index >= 15 is 0 Å². The van der Waals surface area contributed by atoms with Gasteiger partial charge in [-0.1, -0.05) is 6.92 Å². The Morgan fingerprint density at radius 2 is 2.44 bits per heavy atom. The van der Waals surface area contributed by atoms with Crippen LogP contribution in [0, 0.1) is 0 Å². The summed E-state index contributed by atoms with van der Waals surface area (Å²) in [5, 5.41) is 12.2. The van der Waals surface area contributed by atoms with Crippen LogP contribution in [0.25, 0.3) is 0 Å². The van der Waals surface area contributed by atoms with E-state index in [0.29, 0.717) is 0 Å². The smallest absolute Gasteiger partial charge is 0.320 e. The number of hydrogen-bond donors (Lipinski definition) is 2. The maximum absolute atomic E-state index is 11.0. The third kappa shape index (κ3) is 3.10. The van der Waals surface area contributed by atoms with Gasteiger partial charge < -0.3 is 15.0 Å². The minimum absolute atomic E-state index is 0.234. The molecule has 1 aromatic heterocycles. The lowest BCUT2D eigenvalue weighted by Crippen LogP contribution is -2.47. The van der Waals surface area contributed by atoms with E-state index in [9.17, 15) is 4.79 Å². The van der Waals surface area contributed by atoms with Crippen molar-refractivity contribution in [3.8, 4) is 0 Å². The fraction of sp³-hybridized carbons (Fsp3) is 0.692. The first-order chi connectivity index (χ1) is 8.70. The standard InChI is InChI=1S/C13H21N3O2/c1-2-7-16-8-6-14-12(16)9-10-4-3-5-11(15-10)13(17)18/h6,8,10-11,15H,2-5,7,9H2,1H3,(H,17,18). The van der Waals surface area contributed by atoms with Gasteiger partial charge in [-0.15, -0.1) is 0 Å². The molecule has 2 rings (SSSR count). The minimum atomic E-state index is -0.739. The fourth-order valence-corrected chi connectivity index (χ4v) is 2.57. The first-order valence-electron chi connectivity index (χ1n) is 6.69. The van der Waals surface area contributed by atoms with E-state index in [1.165, 1.54) is 0 Å². The highest BCUT2D eigenvalue weighted by Gasteiger charge is 2.26. The molecule has 100 valence electrons. The molecule has 5 nitrogen and oxygen atoms in total. The van der Waals surface area contributed by atoms with E-state index in [1.54, 1.807) is 0 Å². The Hall–Kier alpha value is -1.36. The lowest BCUT2D eigenvalue weighted by molar-refractivity contribution is -0.140. The number of hydrogen-bond acceptors (Lipinski definition) is 3. The van der Waals surface area contributed by atoms with Crippen molar-refractivity contribution in [2.24, 2.45) is 0 Å². The largest absolute Gasteiger partial charge is 0.480 e. The van der Waals surface area contributed by atoms with Gasteiger partial charge in [-0.2, -0.15) is 0 Å². The molecule has 0 spiro atoms. The Bertz CT molecular complexity index is 403. The van der Waals surface area contributed by atoms with Crippen molar-refractivity contribution in [3.63, 3.8) is 0 Å². The minimum Gasteiger partial charge on any atom is -0.480 e. The molecule has 0 amide bonds. The number of imidazole rings is 1. The van der Waals surface area contributed by atoms with Gasteiger partial charge in [0.1, 0.15) is 11.9 Å². The summed E-state index contributed by atoms with van der Waals surface area (Å²) in [5.41, 5.74) is 0. The van der Waals surface area contributed by atoms with Gasteiger partial charge >= 0.3 is 5.97 Å². The van der Waals surface area contributed by atoms with Crippen LogP contribution in [0.2, 0.25) is 0 Å². The van der Waals surface area contributed by atoms with Crippen molar-refractivity contribution in [2.45, 2.75) is 57.7 Å². The zero-order valence-corrected chi connectivity index (χ0v) is 10.8. The number of aromatic nitrogens is 2. The average Bonchev–Trinajstić information content (AvgIpc) is 2.77. The summed E-state index contributed by atoms with van der Waals surface area (Å²) in [5.74, 6) is 0.317. The van der Waals surface area contributed by atoms with E-state index in [0.717, 1.165) is 44.5 Å². The van der Waals surface area contributed by atoms with Gasteiger partial charge in [-0.05, 0) is 25.7 Å². The van der Waals surface area contributed by atoms with Crippen molar-refractivity contribution in [2.75, 3.05) is 0 Å². The fourth-order valence-electron chi connectivity index (χ4n) is 2.57. The molecule has 1 saturated heterocycles. The first kappa shape index (κ1) is 13.1. The number of aliphatic carboxylic acids is 1. The van der Waals surface area contributed by atoms with Crippen LogP contribution in [0.15, 0.2) is 12.4 Å². The molecular formula is C13H21N3O2. The SMILES string of the molecule is CCCn1ccnc1CC1CCCC(C(=O)O)N1. The van der Waals surface area contributed by atoms with Crippen LogP contribution in [-0.2, 0) is 17.8 Å². The second-order valence-electron chi connectivity index (χ2n) is 4.93. The zero-order valence-electron chi connectivity index (χ0n) is 10.8. The van der Waals surface area contributed by atoms with Crippen LogP contribution in [0.4, 0.5) is 0 Å². The van der Waals surface area contributed by atoms with Crippen molar-refractivity contribution >= 4 is 5.97 Å². The zero-order chi connectivity index (χ0) is 13.0. The third-order valence-corrected chi connectivity index (χ3v) is 3.48. The molecule has 1 aliphatic heterocycles. The predicted molar refractivity (Wildman–Crippen MR) is 68.4 cm³/mol. The van der Waals surface area contributed by atoms with Gasteiger partial charge in [0.25, 0.3) is 0 Å². The lowest BCUT2D eigenvalue weighted by atomic mass is 9.96. The maximum Gasteiger partial charge on any atom is 0.320 e. The van der Waals surface area contributed by atoms with Crippen LogP contribution < -0.4 is 5.32 Å². The second-order valence-corrected chi connectivity index (χ2v) is 4.93. The summed E-state index contributed by atoms with van der Waals surface area (Å²) >= 11 is 0. The van der Waals surface area contributed by atoms with E-state index < -0.39 is 12.0 Å². The summed E-state index contributed by atoms with van der Waals surface area (Å²) in [6.07, 6.45) is 8.45. The molecule has 0 aromatic carbocycles. The van der Waals surface area contributed by atoms with Gasteiger partial charge in [-0.25, -0.2) is 4.98 Å². The van der Waals surface area contributed by atoms with E-state index in [-0.39, 0.29) is 6.04 Å². The Morgan fingerprint density at radius 1 is 1.61 bits per heavy atom. The van der Waals surface area contributed by atoms with Crippen LogP contribution in [0.3, 0.4) is 0 Å². The molecule has 18 heavy (non-hydrogen) atoms. The Balaban J connectivity index is 1.96. The Morgan fingerprint density at radius 3 is 3.17 bits per heavy atom. The number of aryl methyl sites for hydroxylation is 1. The van der Waals surface area contributed by atoms with Gasteiger partial charge in [0, 0.05) is 31.4 Å². The van der Waals surface area contributed by atoms with Crippen molar-refractivity contribution in [1.29, 1.82) is 0 Å². The highest BCUT2D eigenvalue weighted by atomic mass is 16.4. The van der Waals surface area contributed by atoms with Crippen LogP contribution in [0.5, 0.6) is 0 Å². The normalized spacial score (nSPS) is 24.1. The van der Waals surface area contributed by atoms with Gasteiger partial charge in [0.05, 0.1) is 0 Å². The van der Waals surface area contributed by atoms with Crippen LogP contribution in [0.1, 0.15) is 38.4 Å². The molecule has 1 aromatic rings. The summed E-state index contributed by atoms with van der Waals surface area (Å²) in [7, 11) is 0. The average molecular weight is 251 g/mol. The summed E-state index contributed by atoms with van der Waals surface area (Å²) in [6, 6.07) is -0.156. The predicted octanol–water partition coefficient (Wildman–Crippen LogP) is 1.43. The molecule has 2 heterocycles. The molecule has 0 bridgehead atoms. The Labute approximate surface area is 107 Å². The van der Waals surface area contributed by atoms with Crippen molar-refractivity contribution in [3.05, 3.63) is 18.2 Å². The van der Waals surface area contributed by atoms with Crippen LogP contribution >= 0.6 is 0 Å². The second kappa shape index (κ2) is 6.00. The van der Waals surface area contributed by atoms with Gasteiger partial charge in [0.15, 0.2) is 0 Å². The summed E-state index contributed by atoms with van der Waals surface area (Å²) in [6.45, 7) is 3.12. The summed E-state index contributed by atoms with van der Waals surface area (Å²) in [4.78, 5) is 15.4. The number of rotatable bonds is 5.